The fourth-order valence-electron chi connectivity index (χ4n) is 2.79. The molecule has 1 saturated heterocycles. The molecule has 0 spiro atoms. The van der Waals surface area contributed by atoms with Crippen LogP contribution in [0.1, 0.15) is 19.3 Å². The highest BCUT2D eigenvalue weighted by Crippen LogP contribution is 2.18. The standard InChI is InChI=1S/C14H16N8O.ClH/c23-14-11(21-7-4-17-19-21)9-18-22(14)13-8-12(15-10-16-13)20-5-2-1-3-6-20;/h4,7-10,18H,1-3,5-6H2;1H. The van der Waals surface area contributed by atoms with Gasteiger partial charge in [0.25, 0.3) is 5.56 Å². The second-order valence-corrected chi connectivity index (χ2v) is 5.43. The summed E-state index contributed by atoms with van der Waals surface area (Å²) in [4.78, 5) is 23.3. The Labute approximate surface area is 143 Å². The SMILES string of the molecule is Cl.O=c1c(-n2ccnn2)c[nH]n1-c1cc(N2CCCCC2)ncn1. The zero-order chi connectivity index (χ0) is 15.6. The molecule has 3 aromatic rings. The lowest BCUT2D eigenvalue weighted by atomic mass is 10.1. The molecule has 9 nitrogen and oxygen atoms in total. The van der Waals surface area contributed by atoms with Gasteiger partial charge in [0.2, 0.25) is 0 Å². The minimum Gasteiger partial charge on any atom is -0.356 e. The largest absolute Gasteiger partial charge is 0.356 e. The smallest absolute Gasteiger partial charge is 0.298 e. The molecule has 0 bridgehead atoms. The zero-order valence-electron chi connectivity index (χ0n) is 12.9. The molecule has 3 aromatic heterocycles. The van der Waals surface area contributed by atoms with Gasteiger partial charge in [-0.15, -0.1) is 17.5 Å². The molecule has 0 aliphatic carbocycles. The number of halogens is 1. The predicted octanol–water partition coefficient (Wildman–Crippen LogP) is 0.948. The number of aromatic nitrogens is 7. The first kappa shape index (κ1) is 16.2. The lowest BCUT2D eigenvalue weighted by Gasteiger charge is -2.27. The number of hydrogen-bond acceptors (Lipinski definition) is 6. The zero-order valence-corrected chi connectivity index (χ0v) is 13.7. The van der Waals surface area contributed by atoms with E-state index in [9.17, 15) is 4.79 Å². The van der Waals surface area contributed by atoms with E-state index in [2.05, 4.69) is 30.3 Å². The van der Waals surface area contributed by atoms with Crippen LogP contribution in [-0.2, 0) is 0 Å². The average molecular weight is 349 g/mol. The van der Waals surface area contributed by atoms with Gasteiger partial charge in [-0.25, -0.2) is 14.6 Å². The number of rotatable bonds is 3. The molecule has 4 rings (SSSR count). The molecule has 0 unspecified atom stereocenters. The van der Waals surface area contributed by atoms with Gasteiger partial charge in [-0.2, -0.15) is 4.68 Å². The maximum atomic E-state index is 12.5. The Morgan fingerprint density at radius 2 is 1.88 bits per heavy atom. The summed E-state index contributed by atoms with van der Waals surface area (Å²) < 4.78 is 2.80. The van der Waals surface area contributed by atoms with Crippen molar-refractivity contribution in [2.75, 3.05) is 18.0 Å². The Balaban J connectivity index is 0.00000169. The van der Waals surface area contributed by atoms with Crippen LogP contribution in [-0.4, -0.2) is 47.8 Å². The fourth-order valence-corrected chi connectivity index (χ4v) is 2.79. The van der Waals surface area contributed by atoms with E-state index in [4.69, 9.17) is 0 Å². The van der Waals surface area contributed by atoms with Crippen molar-refractivity contribution in [3.05, 3.63) is 41.3 Å². The Hall–Kier alpha value is -2.68. The summed E-state index contributed by atoms with van der Waals surface area (Å²) in [7, 11) is 0. The first-order valence-electron chi connectivity index (χ1n) is 7.57. The van der Waals surface area contributed by atoms with Gasteiger partial charge in [-0.3, -0.25) is 9.89 Å². The summed E-state index contributed by atoms with van der Waals surface area (Å²) in [6.45, 7) is 1.97. The molecular weight excluding hydrogens is 332 g/mol. The molecule has 1 aliphatic rings. The predicted molar refractivity (Wildman–Crippen MR) is 90.2 cm³/mol. The van der Waals surface area contributed by atoms with Crippen LogP contribution >= 0.6 is 12.4 Å². The van der Waals surface area contributed by atoms with Crippen molar-refractivity contribution in [1.29, 1.82) is 0 Å². The molecule has 0 radical (unpaired) electrons. The topological polar surface area (TPSA) is 97.5 Å². The van der Waals surface area contributed by atoms with Gasteiger partial charge >= 0.3 is 0 Å². The van der Waals surface area contributed by atoms with Gasteiger partial charge in [0.05, 0.1) is 18.6 Å². The number of hydrogen-bond donors (Lipinski definition) is 1. The molecule has 10 heteroatoms. The number of piperidine rings is 1. The minimum atomic E-state index is -0.237. The molecule has 24 heavy (non-hydrogen) atoms. The lowest BCUT2D eigenvalue weighted by Crippen LogP contribution is -2.30. The van der Waals surface area contributed by atoms with E-state index >= 15 is 0 Å². The first-order chi connectivity index (χ1) is 11.3. The van der Waals surface area contributed by atoms with Crippen LogP contribution in [0, 0.1) is 0 Å². The number of H-pyrrole nitrogens is 1. The molecule has 0 atom stereocenters. The van der Waals surface area contributed by atoms with Gasteiger partial charge in [0.15, 0.2) is 11.5 Å². The fraction of sp³-hybridized carbons (Fsp3) is 0.357. The van der Waals surface area contributed by atoms with Crippen LogP contribution in [0.25, 0.3) is 11.5 Å². The minimum absolute atomic E-state index is 0. The first-order valence-corrected chi connectivity index (χ1v) is 7.57. The number of anilines is 1. The summed E-state index contributed by atoms with van der Waals surface area (Å²) in [5.74, 6) is 1.36. The van der Waals surface area contributed by atoms with Crippen molar-refractivity contribution in [1.82, 2.24) is 34.7 Å². The van der Waals surface area contributed by atoms with Crippen LogP contribution in [0.3, 0.4) is 0 Å². The van der Waals surface area contributed by atoms with Crippen molar-refractivity contribution in [2.45, 2.75) is 19.3 Å². The average Bonchev–Trinajstić information content (AvgIpc) is 3.25. The Bertz CT molecular complexity index is 850. The summed E-state index contributed by atoms with van der Waals surface area (Å²) >= 11 is 0. The third-order valence-corrected chi connectivity index (χ3v) is 3.97. The van der Waals surface area contributed by atoms with Gasteiger partial charge in [-0.1, -0.05) is 5.21 Å². The quantitative estimate of drug-likeness (QED) is 0.756. The Kier molecular flexibility index (Phi) is 4.61. The lowest BCUT2D eigenvalue weighted by molar-refractivity contribution is 0.572. The summed E-state index contributed by atoms with van der Waals surface area (Å²) in [6.07, 6.45) is 9.80. The van der Waals surface area contributed by atoms with Crippen LogP contribution in [0.2, 0.25) is 0 Å². The van der Waals surface area contributed by atoms with E-state index < -0.39 is 0 Å². The second kappa shape index (κ2) is 6.83. The summed E-state index contributed by atoms with van der Waals surface area (Å²) in [5, 5.41) is 10.5. The van der Waals surface area contributed by atoms with E-state index in [-0.39, 0.29) is 18.0 Å². The van der Waals surface area contributed by atoms with Crippen LogP contribution in [0.5, 0.6) is 0 Å². The monoisotopic (exact) mass is 348 g/mol. The molecular formula is C14H17ClN8O. The molecule has 1 fully saturated rings. The second-order valence-electron chi connectivity index (χ2n) is 5.43. The highest BCUT2D eigenvalue weighted by Gasteiger charge is 2.15. The molecule has 126 valence electrons. The third kappa shape index (κ3) is 2.90. The number of aromatic amines is 1. The Morgan fingerprint density at radius 1 is 1.08 bits per heavy atom. The van der Waals surface area contributed by atoms with Crippen LogP contribution in [0.15, 0.2) is 35.8 Å². The normalized spacial score (nSPS) is 14.4. The van der Waals surface area contributed by atoms with Crippen molar-refractivity contribution in [3.8, 4) is 11.5 Å². The van der Waals surface area contributed by atoms with Gasteiger partial charge in [0, 0.05) is 19.2 Å². The molecule has 4 heterocycles. The summed E-state index contributed by atoms with van der Waals surface area (Å²) in [5.41, 5.74) is 0.152. The third-order valence-electron chi connectivity index (χ3n) is 3.97. The van der Waals surface area contributed by atoms with E-state index in [1.807, 2.05) is 6.07 Å². The van der Waals surface area contributed by atoms with Crippen molar-refractivity contribution < 1.29 is 0 Å². The maximum absolute atomic E-state index is 12.5. The van der Waals surface area contributed by atoms with Crippen molar-refractivity contribution in [2.24, 2.45) is 0 Å². The maximum Gasteiger partial charge on any atom is 0.298 e. The molecule has 0 aromatic carbocycles. The highest BCUT2D eigenvalue weighted by molar-refractivity contribution is 5.85. The van der Waals surface area contributed by atoms with Crippen LogP contribution < -0.4 is 10.5 Å². The van der Waals surface area contributed by atoms with Gasteiger partial charge < -0.3 is 4.90 Å². The molecule has 1 N–H and O–H groups in total. The van der Waals surface area contributed by atoms with E-state index in [0.29, 0.717) is 11.5 Å². The van der Waals surface area contributed by atoms with E-state index in [0.717, 1.165) is 31.7 Å². The van der Waals surface area contributed by atoms with E-state index in [1.54, 1.807) is 12.4 Å². The van der Waals surface area contributed by atoms with Crippen LogP contribution in [0.4, 0.5) is 5.82 Å². The molecule has 1 aliphatic heterocycles. The number of nitrogens with one attached hydrogen (secondary N) is 1. The Morgan fingerprint density at radius 3 is 2.62 bits per heavy atom. The van der Waals surface area contributed by atoms with Gasteiger partial charge in [0.1, 0.15) is 12.1 Å². The molecule has 0 amide bonds. The summed E-state index contributed by atoms with van der Waals surface area (Å²) in [6, 6.07) is 1.83. The molecule has 0 saturated carbocycles. The number of nitrogens with zero attached hydrogens (tertiary/aromatic N) is 7. The van der Waals surface area contributed by atoms with Crippen molar-refractivity contribution in [3.63, 3.8) is 0 Å². The van der Waals surface area contributed by atoms with Crippen molar-refractivity contribution >= 4 is 18.2 Å². The van der Waals surface area contributed by atoms with Gasteiger partial charge in [-0.05, 0) is 19.3 Å². The van der Waals surface area contributed by atoms with E-state index in [1.165, 1.54) is 28.3 Å². The highest BCUT2D eigenvalue weighted by atomic mass is 35.5.